The van der Waals surface area contributed by atoms with E-state index in [4.69, 9.17) is 9.47 Å². The quantitative estimate of drug-likeness (QED) is 0.641. The number of carbonyl (C=O) groups excluding carboxylic acids is 1. The largest absolute Gasteiger partial charge is 0.494 e. The molecule has 1 N–H and O–H groups in total. The summed E-state index contributed by atoms with van der Waals surface area (Å²) in [5.41, 5.74) is 1.98. The van der Waals surface area contributed by atoms with Crippen LogP contribution in [0.25, 0.3) is 5.95 Å². The van der Waals surface area contributed by atoms with E-state index in [9.17, 15) is 4.79 Å². The molecule has 0 fully saturated rings. The highest BCUT2D eigenvalue weighted by Gasteiger charge is 2.17. The van der Waals surface area contributed by atoms with Crippen molar-refractivity contribution in [2.45, 2.75) is 20.8 Å². The van der Waals surface area contributed by atoms with Gasteiger partial charge in [-0.2, -0.15) is 10.1 Å². The van der Waals surface area contributed by atoms with E-state index in [0.717, 1.165) is 17.0 Å². The second-order valence-electron chi connectivity index (χ2n) is 5.70. The van der Waals surface area contributed by atoms with E-state index in [1.54, 1.807) is 24.0 Å². The summed E-state index contributed by atoms with van der Waals surface area (Å²) in [5.74, 6) is 0.971. The lowest BCUT2D eigenvalue weighted by molar-refractivity contribution is 0.0526. The molecule has 0 atom stereocenters. The molecular formula is C19H21N5O3. The Hall–Kier alpha value is -3.42. The first kappa shape index (κ1) is 18.4. The van der Waals surface area contributed by atoms with Crippen molar-refractivity contribution in [2.75, 3.05) is 18.5 Å². The van der Waals surface area contributed by atoms with Crippen molar-refractivity contribution in [1.29, 1.82) is 0 Å². The van der Waals surface area contributed by atoms with Crippen molar-refractivity contribution in [3.05, 3.63) is 54.0 Å². The number of ether oxygens (including phenoxy) is 2. The molecule has 0 aliphatic carbocycles. The Kier molecular flexibility index (Phi) is 5.65. The number of aromatic nitrogens is 4. The lowest BCUT2D eigenvalue weighted by atomic mass is 10.2. The predicted molar refractivity (Wildman–Crippen MR) is 101 cm³/mol. The van der Waals surface area contributed by atoms with E-state index < -0.39 is 5.97 Å². The van der Waals surface area contributed by atoms with Gasteiger partial charge >= 0.3 is 5.97 Å². The number of nitrogens with zero attached hydrogens (tertiary/aromatic N) is 4. The number of anilines is 2. The van der Waals surface area contributed by atoms with Crippen LogP contribution in [0.15, 0.2) is 42.9 Å². The minimum absolute atomic E-state index is 0.248. The van der Waals surface area contributed by atoms with Gasteiger partial charge in [0.05, 0.1) is 19.4 Å². The van der Waals surface area contributed by atoms with Crippen molar-refractivity contribution in [2.24, 2.45) is 0 Å². The average Bonchev–Trinajstić information content (AvgIpc) is 3.10. The Bertz CT molecular complexity index is 921. The van der Waals surface area contributed by atoms with Crippen LogP contribution in [-0.4, -0.2) is 38.9 Å². The molecule has 0 aliphatic heterocycles. The van der Waals surface area contributed by atoms with Crippen molar-refractivity contribution in [3.8, 4) is 11.7 Å². The lowest BCUT2D eigenvalue weighted by Gasteiger charge is -2.12. The van der Waals surface area contributed by atoms with E-state index in [1.807, 2.05) is 38.1 Å². The van der Waals surface area contributed by atoms with Gasteiger partial charge in [-0.25, -0.2) is 14.5 Å². The highest BCUT2D eigenvalue weighted by atomic mass is 16.5. The molecule has 0 saturated heterocycles. The fourth-order valence-corrected chi connectivity index (χ4v) is 2.40. The highest BCUT2D eigenvalue weighted by molar-refractivity contribution is 5.95. The molecule has 3 rings (SSSR count). The molecule has 0 bridgehead atoms. The van der Waals surface area contributed by atoms with Crippen LogP contribution in [0.5, 0.6) is 5.75 Å². The topological polar surface area (TPSA) is 91.2 Å². The van der Waals surface area contributed by atoms with E-state index in [-0.39, 0.29) is 12.2 Å². The van der Waals surface area contributed by atoms with Crippen LogP contribution < -0.4 is 10.1 Å². The molecular weight excluding hydrogens is 346 g/mol. The summed E-state index contributed by atoms with van der Waals surface area (Å²) in [6.45, 7) is 6.46. The van der Waals surface area contributed by atoms with Gasteiger partial charge in [0.25, 0.3) is 5.95 Å². The maximum atomic E-state index is 12.3. The molecule has 0 saturated carbocycles. The number of nitrogens with one attached hydrogen (secondary N) is 1. The predicted octanol–water partition coefficient (Wildman–Crippen LogP) is 3.29. The molecule has 27 heavy (non-hydrogen) atoms. The summed E-state index contributed by atoms with van der Waals surface area (Å²) < 4.78 is 12.1. The van der Waals surface area contributed by atoms with Crippen LogP contribution >= 0.6 is 0 Å². The molecule has 1 aromatic carbocycles. The summed E-state index contributed by atoms with van der Waals surface area (Å²) in [5, 5.41) is 7.36. The molecule has 8 nitrogen and oxygen atoms in total. The van der Waals surface area contributed by atoms with Crippen molar-refractivity contribution in [1.82, 2.24) is 19.7 Å². The normalized spacial score (nSPS) is 10.5. The van der Waals surface area contributed by atoms with Crippen LogP contribution in [0.1, 0.15) is 29.8 Å². The van der Waals surface area contributed by atoms with Gasteiger partial charge in [-0.05, 0) is 50.6 Å². The van der Waals surface area contributed by atoms with Gasteiger partial charge in [0.1, 0.15) is 11.3 Å². The Labute approximate surface area is 157 Å². The third kappa shape index (κ3) is 4.41. The van der Waals surface area contributed by atoms with Crippen LogP contribution in [0.4, 0.5) is 11.5 Å². The average molecular weight is 367 g/mol. The fourth-order valence-electron chi connectivity index (χ4n) is 2.40. The number of carbonyl (C=O) groups is 1. The first-order chi connectivity index (χ1) is 13.1. The lowest BCUT2D eigenvalue weighted by Crippen LogP contribution is -2.13. The van der Waals surface area contributed by atoms with E-state index in [2.05, 4.69) is 20.4 Å². The summed E-state index contributed by atoms with van der Waals surface area (Å²) >= 11 is 0. The minimum Gasteiger partial charge on any atom is -0.494 e. The van der Waals surface area contributed by atoms with Gasteiger partial charge in [0, 0.05) is 18.1 Å². The SMILES string of the molecule is CCOC(=O)c1cnc(-n2cc(C)cn2)nc1Nc1ccc(OCC)cc1. The molecule has 0 aliphatic rings. The maximum Gasteiger partial charge on any atom is 0.343 e. The van der Waals surface area contributed by atoms with E-state index >= 15 is 0 Å². The van der Waals surface area contributed by atoms with Crippen molar-refractivity contribution >= 4 is 17.5 Å². The summed E-state index contributed by atoms with van der Waals surface area (Å²) in [7, 11) is 0. The maximum absolute atomic E-state index is 12.3. The summed E-state index contributed by atoms with van der Waals surface area (Å²) in [4.78, 5) is 21.0. The molecule has 2 heterocycles. The summed E-state index contributed by atoms with van der Waals surface area (Å²) in [6.07, 6.45) is 4.95. The number of hydrogen-bond donors (Lipinski definition) is 1. The smallest absolute Gasteiger partial charge is 0.343 e. The molecule has 0 spiro atoms. The molecule has 0 amide bonds. The monoisotopic (exact) mass is 367 g/mol. The Morgan fingerprint density at radius 1 is 1.15 bits per heavy atom. The number of aryl methyl sites for hydroxylation is 1. The first-order valence-electron chi connectivity index (χ1n) is 8.66. The Balaban J connectivity index is 1.94. The highest BCUT2D eigenvalue weighted by Crippen LogP contribution is 2.22. The standard InChI is InChI=1S/C19H21N5O3/c1-4-26-15-8-6-14(7-9-15)22-17-16(18(25)27-5-2)11-20-19(23-17)24-12-13(3)10-21-24/h6-12H,4-5H2,1-3H3,(H,20,22,23). The first-order valence-corrected chi connectivity index (χ1v) is 8.66. The fraction of sp³-hybridized carbons (Fsp3) is 0.263. The van der Waals surface area contributed by atoms with Gasteiger partial charge in [-0.15, -0.1) is 0 Å². The summed E-state index contributed by atoms with van der Waals surface area (Å²) in [6, 6.07) is 7.38. The number of esters is 1. The Morgan fingerprint density at radius 2 is 1.93 bits per heavy atom. The van der Waals surface area contributed by atoms with Gasteiger partial charge in [-0.3, -0.25) is 0 Å². The van der Waals surface area contributed by atoms with Crippen LogP contribution in [0.2, 0.25) is 0 Å². The molecule has 0 unspecified atom stereocenters. The van der Waals surface area contributed by atoms with Gasteiger partial charge < -0.3 is 14.8 Å². The minimum atomic E-state index is -0.492. The van der Waals surface area contributed by atoms with Gasteiger partial charge in [-0.1, -0.05) is 0 Å². The van der Waals surface area contributed by atoms with E-state index in [0.29, 0.717) is 18.4 Å². The number of rotatable bonds is 7. The molecule has 8 heteroatoms. The zero-order chi connectivity index (χ0) is 19.2. The van der Waals surface area contributed by atoms with Crippen LogP contribution in [-0.2, 0) is 4.74 Å². The van der Waals surface area contributed by atoms with Crippen molar-refractivity contribution < 1.29 is 14.3 Å². The molecule has 2 aromatic heterocycles. The van der Waals surface area contributed by atoms with Gasteiger partial charge in [0.15, 0.2) is 5.82 Å². The second kappa shape index (κ2) is 8.31. The number of hydrogen-bond acceptors (Lipinski definition) is 7. The zero-order valence-electron chi connectivity index (χ0n) is 15.5. The molecule has 3 aromatic rings. The van der Waals surface area contributed by atoms with Crippen LogP contribution in [0, 0.1) is 6.92 Å². The molecule has 140 valence electrons. The third-order valence-electron chi connectivity index (χ3n) is 3.62. The van der Waals surface area contributed by atoms with Gasteiger partial charge in [0.2, 0.25) is 0 Å². The van der Waals surface area contributed by atoms with E-state index in [1.165, 1.54) is 6.20 Å². The second-order valence-corrected chi connectivity index (χ2v) is 5.70. The van der Waals surface area contributed by atoms with Crippen molar-refractivity contribution in [3.63, 3.8) is 0 Å². The Morgan fingerprint density at radius 3 is 2.56 bits per heavy atom. The zero-order valence-corrected chi connectivity index (χ0v) is 15.5. The van der Waals surface area contributed by atoms with Crippen LogP contribution in [0.3, 0.4) is 0 Å². The third-order valence-corrected chi connectivity index (χ3v) is 3.62. The molecule has 0 radical (unpaired) electrons. The number of benzene rings is 1.